The second kappa shape index (κ2) is 6.20. The molecule has 132 valence electrons. The van der Waals surface area contributed by atoms with Gasteiger partial charge in [0.1, 0.15) is 13.2 Å². The molecular weight excluding hydrogens is 318 g/mol. The standard InChI is InChI=1S/C17H22F2N2O3/c1-16(2,9-21-15(22)12-8-17(18,19)10-20-12)11-3-4-13-14(7-11)24-6-5-23-13/h3-4,7,12,20H,5-6,8-10H2,1-2H3,(H,21,22). The minimum absolute atomic E-state index is 0.342. The molecule has 0 aliphatic carbocycles. The third kappa shape index (κ3) is 3.61. The van der Waals surface area contributed by atoms with E-state index in [0.717, 1.165) is 5.56 Å². The number of ether oxygens (including phenoxy) is 2. The van der Waals surface area contributed by atoms with E-state index in [4.69, 9.17) is 9.47 Å². The molecule has 3 rings (SSSR count). The van der Waals surface area contributed by atoms with Gasteiger partial charge in [0.2, 0.25) is 5.91 Å². The molecule has 2 aliphatic rings. The average molecular weight is 340 g/mol. The van der Waals surface area contributed by atoms with Gasteiger partial charge in [-0.15, -0.1) is 0 Å². The minimum atomic E-state index is -2.81. The zero-order valence-corrected chi connectivity index (χ0v) is 13.8. The molecule has 0 bridgehead atoms. The van der Waals surface area contributed by atoms with Gasteiger partial charge in [-0.3, -0.25) is 10.1 Å². The first-order valence-corrected chi connectivity index (χ1v) is 8.06. The molecule has 0 radical (unpaired) electrons. The van der Waals surface area contributed by atoms with Gasteiger partial charge in [-0.2, -0.15) is 0 Å². The molecule has 1 aromatic carbocycles. The zero-order chi connectivity index (χ0) is 17.4. The number of amides is 1. The number of hydrogen-bond acceptors (Lipinski definition) is 4. The van der Waals surface area contributed by atoms with Gasteiger partial charge in [-0.05, 0) is 17.7 Å². The van der Waals surface area contributed by atoms with E-state index >= 15 is 0 Å². The Morgan fingerprint density at radius 1 is 1.33 bits per heavy atom. The summed E-state index contributed by atoms with van der Waals surface area (Å²) in [6.07, 6.45) is -0.455. The average Bonchev–Trinajstić information content (AvgIpc) is 2.92. The van der Waals surface area contributed by atoms with Crippen molar-refractivity contribution in [3.63, 3.8) is 0 Å². The first-order chi connectivity index (χ1) is 11.3. The highest BCUT2D eigenvalue weighted by Gasteiger charge is 2.42. The van der Waals surface area contributed by atoms with E-state index in [-0.39, 0.29) is 5.41 Å². The maximum atomic E-state index is 13.2. The summed E-state index contributed by atoms with van der Waals surface area (Å²) in [6, 6.07) is 4.85. The Bertz CT molecular complexity index is 634. The first kappa shape index (κ1) is 17.0. The van der Waals surface area contributed by atoms with Crippen molar-refractivity contribution in [2.75, 3.05) is 26.3 Å². The van der Waals surface area contributed by atoms with Crippen molar-refractivity contribution < 1.29 is 23.0 Å². The van der Waals surface area contributed by atoms with Gasteiger partial charge in [0.25, 0.3) is 5.92 Å². The topological polar surface area (TPSA) is 59.6 Å². The largest absolute Gasteiger partial charge is 0.486 e. The van der Waals surface area contributed by atoms with Crippen molar-refractivity contribution in [1.29, 1.82) is 0 Å². The number of carbonyl (C=O) groups excluding carboxylic acids is 1. The van der Waals surface area contributed by atoms with E-state index in [1.54, 1.807) is 0 Å². The van der Waals surface area contributed by atoms with Crippen LogP contribution in [0.15, 0.2) is 18.2 Å². The van der Waals surface area contributed by atoms with Crippen LogP contribution in [0.2, 0.25) is 0 Å². The van der Waals surface area contributed by atoms with Gasteiger partial charge in [0.15, 0.2) is 11.5 Å². The smallest absolute Gasteiger partial charge is 0.262 e. The lowest BCUT2D eigenvalue weighted by atomic mass is 9.84. The Morgan fingerprint density at radius 2 is 2.04 bits per heavy atom. The normalized spacial score (nSPS) is 22.2. The predicted molar refractivity (Wildman–Crippen MR) is 84.8 cm³/mol. The first-order valence-electron chi connectivity index (χ1n) is 8.06. The summed E-state index contributed by atoms with van der Waals surface area (Å²) >= 11 is 0. The molecule has 1 atom stereocenters. The molecule has 0 aromatic heterocycles. The second-order valence-corrected chi connectivity index (χ2v) is 6.95. The summed E-state index contributed by atoms with van der Waals surface area (Å²) in [5, 5.41) is 5.34. The number of alkyl halides is 2. The molecule has 1 aromatic rings. The van der Waals surface area contributed by atoms with Crippen LogP contribution in [0.3, 0.4) is 0 Å². The predicted octanol–water partition coefficient (Wildman–Crippen LogP) is 1.85. The maximum absolute atomic E-state index is 13.2. The summed E-state index contributed by atoms with van der Waals surface area (Å²) < 4.78 is 37.5. The Kier molecular flexibility index (Phi) is 4.38. The molecule has 1 unspecified atom stereocenters. The number of nitrogens with one attached hydrogen (secondary N) is 2. The number of benzene rings is 1. The Morgan fingerprint density at radius 3 is 2.71 bits per heavy atom. The third-order valence-electron chi connectivity index (χ3n) is 4.45. The molecule has 0 saturated carbocycles. The molecular formula is C17H22F2N2O3. The van der Waals surface area contributed by atoms with E-state index in [1.165, 1.54) is 0 Å². The highest BCUT2D eigenvalue weighted by Crippen LogP contribution is 2.35. The summed E-state index contributed by atoms with van der Waals surface area (Å²) in [5.74, 6) is -1.80. The number of fused-ring (bicyclic) bond motifs is 1. The van der Waals surface area contributed by atoms with Crippen LogP contribution < -0.4 is 20.1 Å². The Balaban J connectivity index is 1.62. The van der Waals surface area contributed by atoms with Crippen LogP contribution in [-0.2, 0) is 10.2 Å². The van der Waals surface area contributed by atoms with Crippen molar-refractivity contribution in [3.8, 4) is 11.5 Å². The molecule has 0 spiro atoms. The van der Waals surface area contributed by atoms with E-state index in [9.17, 15) is 13.6 Å². The monoisotopic (exact) mass is 340 g/mol. The van der Waals surface area contributed by atoms with Crippen LogP contribution in [0, 0.1) is 0 Å². The van der Waals surface area contributed by atoms with E-state index in [0.29, 0.717) is 31.3 Å². The van der Waals surface area contributed by atoms with Crippen LogP contribution in [-0.4, -0.2) is 44.2 Å². The lowest BCUT2D eigenvalue weighted by Crippen LogP contribution is -2.45. The van der Waals surface area contributed by atoms with Crippen LogP contribution >= 0.6 is 0 Å². The van der Waals surface area contributed by atoms with Crippen LogP contribution in [0.4, 0.5) is 8.78 Å². The SMILES string of the molecule is CC(C)(CNC(=O)C1CC(F)(F)CN1)c1ccc2c(c1)OCCO2. The Hall–Kier alpha value is -1.89. The molecule has 1 fully saturated rings. The quantitative estimate of drug-likeness (QED) is 0.878. The fourth-order valence-corrected chi connectivity index (χ4v) is 2.90. The van der Waals surface area contributed by atoms with Gasteiger partial charge >= 0.3 is 0 Å². The maximum Gasteiger partial charge on any atom is 0.262 e. The van der Waals surface area contributed by atoms with E-state index < -0.39 is 30.8 Å². The molecule has 1 saturated heterocycles. The van der Waals surface area contributed by atoms with Crippen LogP contribution in [0.5, 0.6) is 11.5 Å². The molecule has 2 heterocycles. The fourth-order valence-electron chi connectivity index (χ4n) is 2.90. The summed E-state index contributed by atoms with van der Waals surface area (Å²) in [7, 11) is 0. The van der Waals surface area contributed by atoms with E-state index in [1.807, 2.05) is 32.0 Å². The third-order valence-corrected chi connectivity index (χ3v) is 4.45. The van der Waals surface area contributed by atoms with Gasteiger partial charge < -0.3 is 14.8 Å². The van der Waals surface area contributed by atoms with Crippen LogP contribution in [0.25, 0.3) is 0 Å². The van der Waals surface area contributed by atoms with E-state index in [2.05, 4.69) is 10.6 Å². The lowest BCUT2D eigenvalue weighted by molar-refractivity contribution is -0.123. The number of halogens is 2. The molecule has 2 N–H and O–H groups in total. The van der Waals surface area contributed by atoms with Gasteiger partial charge in [0, 0.05) is 18.4 Å². The number of rotatable bonds is 4. The van der Waals surface area contributed by atoms with Crippen molar-refractivity contribution in [2.45, 2.75) is 37.6 Å². The lowest BCUT2D eigenvalue weighted by Gasteiger charge is -2.28. The molecule has 2 aliphatic heterocycles. The number of carbonyl (C=O) groups is 1. The fraction of sp³-hybridized carbons (Fsp3) is 0.588. The van der Waals surface area contributed by atoms with Crippen LogP contribution in [0.1, 0.15) is 25.8 Å². The van der Waals surface area contributed by atoms with Gasteiger partial charge in [-0.25, -0.2) is 8.78 Å². The minimum Gasteiger partial charge on any atom is -0.486 e. The Labute approximate surface area is 139 Å². The van der Waals surface area contributed by atoms with Crippen molar-refractivity contribution in [2.24, 2.45) is 0 Å². The van der Waals surface area contributed by atoms with Crippen molar-refractivity contribution in [1.82, 2.24) is 10.6 Å². The second-order valence-electron chi connectivity index (χ2n) is 6.95. The molecule has 24 heavy (non-hydrogen) atoms. The van der Waals surface area contributed by atoms with Crippen molar-refractivity contribution >= 4 is 5.91 Å². The van der Waals surface area contributed by atoms with Crippen molar-refractivity contribution in [3.05, 3.63) is 23.8 Å². The summed E-state index contributed by atoms with van der Waals surface area (Å²) in [5.41, 5.74) is 0.615. The summed E-state index contributed by atoms with van der Waals surface area (Å²) in [4.78, 5) is 12.1. The molecule has 5 nitrogen and oxygen atoms in total. The summed E-state index contributed by atoms with van der Waals surface area (Å²) in [6.45, 7) is 4.90. The highest BCUT2D eigenvalue weighted by molar-refractivity contribution is 5.82. The molecule has 1 amide bonds. The van der Waals surface area contributed by atoms with Gasteiger partial charge in [0.05, 0.1) is 12.6 Å². The molecule has 7 heteroatoms. The zero-order valence-electron chi connectivity index (χ0n) is 13.8. The van der Waals surface area contributed by atoms with Gasteiger partial charge in [-0.1, -0.05) is 19.9 Å². The number of hydrogen-bond donors (Lipinski definition) is 2. The highest BCUT2D eigenvalue weighted by atomic mass is 19.3.